The molecule has 1 aliphatic heterocycles. The molecule has 1 aromatic rings. The molecule has 3 rings (SSSR count). The van der Waals surface area contributed by atoms with Crippen molar-refractivity contribution in [2.24, 2.45) is 0 Å². The van der Waals surface area contributed by atoms with E-state index >= 15 is 0 Å². The van der Waals surface area contributed by atoms with Crippen LogP contribution in [-0.4, -0.2) is 18.1 Å². The summed E-state index contributed by atoms with van der Waals surface area (Å²) in [5.41, 5.74) is 1.70. The normalized spacial score (nSPS) is 25.4. The van der Waals surface area contributed by atoms with Crippen molar-refractivity contribution >= 4 is 11.3 Å². The van der Waals surface area contributed by atoms with Crippen molar-refractivity contribution in [2.75, 3.05) is 13.1 Å². The second kappa shape index (κ2) is 3.56. The Morgan fingerprint density at radius 1 is 1.40 bits per heavy atom. The molecule has 0 aromatic carbocycles. The molecule has 1 saturated carbocycles. The minimum atomic E-state index is 0.342. The third-order valence-corrected chi connectivity index (χ3v) is 4.78. The van der Waals surface area contributed by atoms with E-state index in [-0.39, 0.29) is 0 Å². The van der Waals surface area contributed by atoms with Gasteiger partial charge in [-0.15, -0.1) is 11.3 Å². The Hall–Kier alpha value is -0.410. The lowest BCUT2D eigenvalue weighted by Crippen LogP contribution is -2.37. The number of thiazole rings is 1. The van der Waals surface area contributed by atoms with Gasteiger partial charge in [0.05, 0.1) is 10.7 Å². The fourth-order valence-electron chi connectivity index (χ4n) is 2.32. The zero-order chi connectivity index (χ0) is 10.3. The molecule has 2 aliphatic rings. The highest BCUT2D eigenvalue weighted by molar-refractivity contribution is 7.09. The van der Waals surface area contributed by atoms with Gasteiger partial charge in [-0.2, -0.15) is 0 Å². The average Bonchev–Trinajstić information content (AvgIpc) is 2.97. The van der Waals surface area contributed by atoms with Gasteiger partial charge in [0, 0.05) is 16.7 Å². The number of piperidine rings is 1. The number of aromatic nitrogens is 1. The zero-order valence-corrected chi connectivity index (χ0v) is 10.1. The van der Waals surface area contributed by atoms with E-state index in [1.807, 2.05) is 11.3 Å². The van der Waals surface area contributed by atoms with Crippen molar-refractivity contribution in [3.8, 4) is 0 Å². The van der Waals surface area contributed by atoms with Crippen LogP contribution in [0, 0.1) is 0 Å². The summed E-state index contributed by atoms with van der Waals surface area (Å²) in [6.45, 7) is 4.67. The smallest absolute Gasteiger partial charge is 0.0959 e. The van der Waals surface area contributed by atoms with Gasteiger partial charge in [0.25, 0.3) is 0 Å². The molecule has 0 spiro atoms. The molecule has 1 aromatic heterocycles. The van der Waals surface area contributed by atoms with Crippen molar-refractivity contribution < 1.29 is 0 Å². The minimum Gasteiger partial charge on any atom is -0.317 e. The summed E-state index contributed by atoms with van der Waals surface area (Å²) in [7, 11) is 0. The Balaban J connectivity index is 1.83. The molecule has 15 heavy (non-hydrogen) atoms. The molecular weight excluding hydrogens is 204 g/mol. The first-order chi connectivity index (χ1) is 7.28. The third kappa shape index (κ3) is 1.83. The summed E-state index contributed by atoms with van der Waals surface area (Å²) in [6.07, 6.45) is 5.21. The van der Waals surface area contributed by atoms with Crippen molar-refractivity contribution in [1.82, 2.24) is 10.3 Å². The fraction of sp³-hybridized carbons (Fsp3) is 0.750. The topological polar surface area (TPSA) is 24.9 Å². The highest BCUT2D eigenvalue weighted by atomic mass is 32.1. The first-order valence-corrected chi connectivity index (χ1v) is 6.82. The van der Waals surface area contributed by atoms with E-state index in [2.05, 4.69) is 17.6 Å². The number of hydrogen-bond donors (Lipinski definition) is 1. The van der Waals surface area contributed by atoms with Gasteiger partial charge in [-0.3, -0.25) is 0 Å². The lowest BCUT2D eigenvalue weighted by atomic mass is 9.79. The van der Waals surface area contributed by atoms with E-state index in [1.54, 1.807) is 0 Å². The highest BCUT2D eigenvalue weighted by Crippen LogP contribution is 2.43. The van der Waals surface area contributed by atoms with E-state index in [1.165, 1.54) is 36.4 Å². The molecule has 0 unspecified atom stereocenters. The van der Waals surface area contributed by atoms with Gasteiger partial charge in [-0.1, -0.05) is 6.92 Å². The largest absolute Gasteiger partial charge is 0.317 e. The van der Waals surface area contributed by atoms with Crippen molar-refractivity contribution in [1.29, 1.82) is 0 Å². The Kier molecular flexibility index (Phi) is 2.33. The Labute approximate surface area is 95.1 Å². The molecule has 2 nitrogen and oxygen atoms in total. The molecule has 0 radical (unpaired) electrons. The minimum absolute atomic E-state index is 0.342. The molecular formula is C12H18N2S. The molecule has 0 bridgehead atoms. The van der Waals surface area contributed by atoms with Gasteiger partial charge < -0.3 is 5.32 Å². The first kappa shape index (κ1) is 9.79. The number of rotatable bonds is 2. The maximum Gasteiger partial charge on any atom is 0.0959 e. The predicted octanol–water partition coefficient (Wildman–Crippen LogP) is 2.66. The van der Waals surface area contributed by atoms with Crippen LogP contribution in [0.15, 0.2) is 5.38 Å². The van der Waals surface area contributed by atoms with Gasteiger partial charge >= 0.3 is 0 Å². The number of hydrogen-bond acceptors (Lipinski definition) is 3. The molecule has 1 N–H and O–H groups in total. The van der Waals surface area contributed by atoms with E-state index in [0.29, 0.717) is 5.41 Å². The molecule has 3 heteroatoms. The van der Waals surface area contributed by atoms with Crippen molar-refractivity contribution in [3.05, 3.63) is 16.1 Å². The zero-order valence-electron chi connectivity index (χ0n) is 9.25. The molecule has 2 fully saturated rings. The van der Waals surface area contributed by atoms with Crippen LogP contribution >= 0.6 is 11.3 Å². The number of nitrogens with zero attached hydrogens (tertiary/aromatic N) is 1. The van der Waals surface area contributed by atoms with Crippen LogP contribution in [0.2, 0.25) is 0 Å². The van der Waals surface area contributed by atoms with Crippen LogP contribution in [0.5, 0.6) is 0 Å². The lowest BCUT2D eigenvalue weighted by molar-refractivity contribution is 0.328. The molecule has 1 saturated heterocycles. The summed E-state index contributed by atoms with van der Waals surface area (Å²) >= 11 is 1.88. The van der Waals surface area contributed by atoms with Crippen molar-refractivity contribution in [3.63, 3.8) is 0 Å². The standard InChI is InChI=1S/C12H18N2S/c1-12(4-6-13-7-5-12)10-8-15-11(14-10)9-2-3-9/h8-9,13H,2-7H2,1H3. The van der Waals surface area contributed by atoms with Gasteiger partial charge in [0.15, 0.2) is 0 Å². The Bertz CT molecular complexity index is 348. The molecule has 0 amide bonds. The third-order valence-electron chi connectivity index (χ3n) is 3.77. The van der Waals surface area contributed by atoms with E-state index in [4.69, 9.17) is 4.98 Å². The van der Waals surface area contributed by atoms with Gasteiger partial charge in [0.1, 0.15) is 0 Å². The summed E-state index contributed by atoms with van der Waals surface area (Å²) in [4.78, 5) is 4.86. The SMILES string of the molecule is CC1(c2csc(C3CC3)n2)CCNCC1. The summed E-state index contributed by atoms with van der Waals surface area (Å²) in [5.74, 6) is 0.814. The van der Waals surface area contributed by atoms with Crippen LogP contribution in [0.1, 0.15) is 49.2 Å². The van der Waals surface area contributed by atoms with Crippen molar-refractivity contribution in [2.45, 2.75) is 43.9 Å². The molecule has 82 valence electrons. The van der Waals surface area contributed by atoms with E-state index < -0.39 is 0 Å². The van der Waals surface area contributed by atoms with Gasteiger partial charge in [0.2, 0.25) is 0 Å². The quantitative estimate of drug-likeness (QED) is 0.832. The molecule has 0 atom stereocenters. The Morgan fingerprint density at radius 2 is 2.13 bits per heavy atom. The summed E-state index contributed by atoms with van der Waals surface area (Å²) < 4.78 is 0. The average molecular weight is 222 g/mol. The second-order valence-electron chi connectivity index (χ2n) is 5.16. The monoisotopic (exact) mass is 222 g/mol. The van der Waals surface area contributed by atoms with Crippen LogP contribution < -0.4 is 5.32 Å². The Morgan fingerprint density at radius 3 is 2.80 bits per heavy atom. The van der Waals surface area contributed by atoms with Crippen LogP contribution in [0.3, 0.4) is 0 Å². The van der Waals surface area contributed by atoms with Crippen LogP contribution in [0.4, 0.5) is 0 Å². The number of nitrogens with one attached hydrogen (secondary N) is 1. The fourth-order valence-corrected chi connectivity index (χ4v) is 3.47. The maximum atomic E-state index is 4.86. The lowest BCUT2D eigenvalue weighted by Gasteiger charge is -2.32. The molecule has 2 heterocycles. The van der Waals surface area contributed by atoms with Crippen LogP contribution in [-0.2, 0) is 5.41 Å². The first-order valence-electron chi connectivity index (χ1n) is 5.95. The second-order valence-corrected chi connectivity index (χ2v) is 6.05. The van der Waals surface area contributed by atoms with E-state index in [9.17, 15) is 0 Å². The molecule has 1 aliphatic carbocycles. The predicted molar refractivity (Wildman–Crippen MR) is 63.5 cm³/mol. The summed E-state index contributed by atoms with van der Waals surface area (Å²) in [5, 5.41) is 7.13. The van der Waals surface area contributed by atoms with Gasteiger partial charge in [-0.25, -0.2) is 4.98 Å². The highest BCUT2D eigenvalue weighted by Gasteiger charge is 2.33. The van der Waals surface area contributed by atoms with E-state index in [0.717, 1.165) is 19.0 Å². The van der Waals surface area contributed by atoms with Gasteiger partial charge in [-0.05, 0) is 38.8 Å². The maximum absolute atomic E-state index is 4.86. The summed E-state index contributed by atoms with van der Waals surface area (Å²) in [6, 6.07) is 0. The van der Waals surface area contributed by atoms with Crippen LogP contribution in [0.25, 0.3) is 0 Å².